The number of Topliss-reactive ketones (excluding diaryl/α,β-unsaturated/α-hetero) is 2. The minimum Gasteiger partial charge on any atom is -0.459 e. The van der Waals surface area contributed by atoms with Crippen molar-refractivity contribution in [2.75, 3.05) is 0 Å². The van der Waals surface area contributed by atoms with Gasteiger partial charge in [0.05, 0.1) is 18.2 Å². The Morgan fingerprint density at radius 1 is 1.12 bits per heavy atom. The molecular weight excluding hydrogens is 338 g/mol. The van der Waals surface area contributed by atoms with Crippen LogP contribution in [0.15, 0.2) is 24.3 Å². The number of hydrogen-bond acceptors (Lipinski definition) is 6. The Balaban J connectivity index is 2.08. The second-order valence-corrected chi connectivity index (χ2v) is 7.24. The zero-order valence-corrected chi connectivity index (χ0v) is 15.6. The van der Waals surface area contributed by atoms with Crippen molar-refractivity contribution in [3.8, 4) is 0 Å². The zero-order chi connectivity index (χ0) is 18.6. The molecule has 0 spiro atoms. The van der Waals surface area contributed by atoms with Crippen LogP contribution in [-0.4, -0.2) is 28.6 Å². The molecular formula is C19H21NO4S. The van der Waals surface area contributed by atoms with E-state index in [0.717, 1.165) is 5.56 Å². The Morgan fingerprint density at radius 3 is 2.32 bits per heavy atom. The van der Waals surface area contributed by atoms with Crippen molar-refractivity contribution < 1.29 is 19.1 Å². The molecule has 0 radical (unpaired) electrons. The van der Waals surface area contributed by atoms with Crippen LogP contribution in [0.5, 0.6) is 0 Å². The van der Waals surface area contributed by atoms with Gasteiger partial charge in [-0.1, -0.05) is 24.3 Å². The van der Waals surface area contributed by atoms with Gasteiger partial charge in [-0.15, -0.1) is 11.3 Å². The van der Waals surface area contributed by atoms with E-state index in [0.29, 0.717) is 27.6 Å². The number of carbonyl (C=O) groups excluding carboxylic acids is 3. The van der Waals surface area contributed by atoms with Gasteiger partial charge in [-0.3, -0.25) is 9.59 Å². The molecule has 6 heteroatoms. The maximum absolute atomic E-state index is 12.4. The molecule has 0 aliphatic heterocycles. The standard InChI is InChI=1S/C19H21NO4S/c1-11(2)24-19(23)18-13(4)20-17(25-18)10-16(22)15-7-5-14(6-8-15)9-12(3)21/h5-8,11H,9-10H2,1-4H3. The second-order valence-electron chi connectivity index (χ2n) is 6.15. The van der Waals surface area contributed by atoms with E-state index in [-0.39, 0.29) is 24.1 Å². The van der Waals surface area contributed by atoms with Crippen molar-refractivity contribution in [1.29, 1.82) is 0 Å². The maximum Gasteiger partial charge on any atom is 0.350 e. The fourth-order valence-electron chi connectivity index (χ4n) is 2.32. The minimum absolute atomic E-state index is 0.0769. The molecule has 0 atom stereocenters. The SMILES string of the molecule is CC(=O)Cc1ccc(C(=O)Cc2nc(C)c(C(=O)OC(C)C)s2)cc1. The fraction of sp³-hybridized carbons (Fsp3) is 0.368. The maximum atomic E-state index is 12.4. The molecule has 0 amide bonds. The van der Waals surface area contributed by atoms with Gasteiger partial charge in [0, 0.05) is 12.0 Å². The molecule has 25 heavy (non-hydrogen) atoms. The highest BCUT2D eigenvalue weighted by atomic mass is 32.1. The predicted molar refractivity (Wildman–Crippen MR) is 96.3 cm³/mol. The molecule has 5 nitrogen and oxygen atoms in total. The molecule has 1 heterocycles. The first-order valence-electron chi connectivity index (χ1n) is 8.05. The highest BCUT2D eigenvalue weighted by Crippen LogP contribution is 2.21. The van der Waals surface area contributed by atoms with Gasteiger partial charge in [0.15, 0.2) is 5.78 Å². The van der Waals surface area contributed by atoms with Crippen LogP contribution in [0.4, 0.5) is 0 Å². The number of aromatic nitrogens is 1. The molecule has 0 bridgehead atoms. The van der Waals surface area contributed by atoms with Gasteiger partial charge in [-0.25, -0.2) is 9.78 Å². The summed E-state index contributed by atoms with van der Waals surface area (Å²) in [5.41, 5.74) is 2.02. The zero-order valence-electron chi connectivity index (χ0n) is 14.8. The summed E-state index contributed by atoms with van der Waals surface area (Å²) < 4.78 is 5.18. The Labute approximate surface area is 151 Å². The van der Waals surface area contributed by atoms with Gasteiger partial charge >= 0.3 is 5.97 Å². The van der Waals surface area contributed by atoms with E-state index in [1.807, 2.05) is 0 Å². The van der Waals surface area contributed by atoms with E-state index < -0.39 is 5.97 Å². The first-order valence-corrected chi connectivity index (χ1v) is 8.86. The largest absolute Gasteiger partial charge is 0.459 e. The van der Waals surface area contributed by atoms with Crippen LogP contribution in [0.25, 0.3) is 0 Å². The van der Waals surface area contributed by atoms with E-state index in [1.54, 1.807) is 45.0 Å². The van der Waals surface area contributed by atoms with Crippen molar-refractivity contribution in [3.63, 3.8) is 0 Å². The van der Waals surface area contributed by atoms with Gasteiger partial charge in [0.1, 0.15) is 15.7 Å². The Kier molecular flexibility index (Phi) is 6.20. The number of ether oxygens (including phenoxy) is 1. The van der Waals surface area contributed by atoms with E-state index in [4.69, 9.17) is 4.74 Å². The lowest BCUT2D eigenvalue weighted by Gasteiger charge is -2.05. The first kappa shape index (κ1) is 19.0. The number of carbonyl (C=O) groups is 3. The summed E-state index contributed by atoms with van der Waals surface area (Å²) in [5.74, 6) is -0.401. The lowest BCUT2D eigenvalue weighted by Crippen LogP contribution is -2.11. The highest BCUT2D eigenvalue weighted by Gasteiger charge is 2.19. The number of aryl methyl sites for hydroxylation is 1. The van der Waals surface area contributed by atoms with Crippen molar-refractivity contribution in [1.82, 2.24) is 4.98 Å². The van der Waals surface area contributed by atoms with Gasteiger partial charge in [-0.2, -0.15) is 0 Å². The van der Waals surface area contributed by atoms with E-state index in [2.05, 4.69) is 4.98 Å². The average Bonchev–Trinajstić information content (AvgIpc) is 2.87. The topological polar surface area (TPSA) is 73.3 Å². The lowest BCUT2D eigenvalue weighted by molar-refractivity contribution is -0.116. The molecule has 132 valence electrons. The second kappa shape index (κ2) is 8.16. The van der Waals surface area contributed by atoms with E-state index in [9.17, 15) is 14.4 Å². The minimum atomic E-state index is -0.405. The summed E-state index contributed by atoms with van der Waals surface area (Å²) in [6, 6.07) is 7.00. The number of hydrogen-bond donors (Lipinski definition) is 0. The van der Waals surface area contributed by atoms with Gasteiger partial charge in [0.2, 0.25) is 0 Å². The molecule has 1 aromatic carbocycles. The Hall–Kier alpha value is -2.34. The fourth-order valence-corrected chi connectivity index (χ4v) is 3.27. The number of benzene rings is 1. The third kappa shape index (κ3) is 5.32. The van der Waals surface area contributed by atoms with Crippen molar-refractivity contribution in [2.24, 2.45) is 0 Å². The van der Waals surface area contributed by atoms with Crippen molar-refractivity contribution >= 4 is 28.9 Å². The molecule has 1 aromatic heterocycles. The number of thiazole rings is 1. The van der Waals surface area contributed by atoms with Crippen LogP contribution in [0.2, 0.25) is 0 Å². The molecule has 0 aliphatic carbocycles. The van der Waals surface area contributed by atoms with Gasteiger partial charge < -0.3 is 4.74 Å². The smallest absolute Gasteiger partial charge is 0.350 e. The Bertz CT molecular complexity index is 790. The Morgan fingerprint density at radius 2 is 1.76 bits per heavy atom. The first-order chi connectivity index (χ1) is 11.8. The third-order valence-corrected chi connectivity index (χ3v) is 4.55. The van der Waals surface area contributed by atoms with Gasteiger partial charge in [-0.05, 0) is 33.3 Å². The molecule has 0 N–H and O–H groups in total. The lowest BCUT2D eigenvalue weighted by atomic mass is 10.0. The predicted octanol–water partition coefficient (Wildman–Crippen LogP) is 3.57. The van der Waals surface area contributed by atoms with Crippen LogP contribution in [0.3, 0.4) is 0 Å². The van der Waals surface area contributed by atoms with Crippen LogP contribution >= 0.6 is 11.3 Å². The summed E-state index contributed by atoms with van der Waals surface area (Å²) >= 11 is 1.19. The molecule has 0 saturated carbocycles. The number of esters is 1. The molecule has 0 unspecified atom stereocenters. The number of nitrogens with zero attached hydrogens (tertiary/aromatic N) is 1. The quantitative estimate of drug-likeness (QED) is 0.558. The van der Waals surface area contributed by atoms with Crippen molar-refractivity contribution in [2.45, 2.75) is 46.6 Å². The highest BCUT2D eigenvalue weighted by molar-refractivity contribution is 7.13. The molecule has 0 saturated heterocycles. The number of rotatable bonds is 7. The molecule has 0 fully saturated rings. The molecule has 2 aromatic rings. The van der Waals surface area contributed by atoms with Crippen molar-refractivity contribution in [3.05, 3.63) is 51.0 Å². The van der Waals surface area contributed by atoms with Crippen LogP contribution in [0.1, 0.15) is 57.1 Å². The third-order valence-electron chi connectivity index (χ3n) is 3.41. The summed E-state index contributed by atoms with van der Waals surface area (Å²) in [5, 5.41) is 0.589. The summed E-state index contributed by atoms with van der Waals surface area (Å²) in [6.45, 7) is 6.84. The van der Waals surface area contributed by atoms with Crippen LogP contribution < -0.4 is 0 Å². The summed E-state index contributed by atoms with van der Waals surface area (Å²) in [6.07, 6.45) is 0.293. The summed E-state index contributed by atoms with van der Waals surface area (Å²) in [7, 11) is 0. The number of ketones is 2. The van der Waals surface area contributed by atoms with E-state index >= 15 is 0 Å². The van der Waals surface area contributed by atoms with E-state index in [1.165, 1.54) is 18.3 Å². The normalized spacial score (nSPS) is 10.8. The summed E-state index contributed by atoms with van der Waals surface area (Å²) in [4.78, 5) is 40.3. The van der Waals surface area contributed by atoms with Crippen LogP contribution in [0, 0.1) is 6.92 Å². The molecule has 0 aliphatic rings. The average molecular weight is 359 g/mol. The monoisotopic (exact) mass is 359 g/mol. The van der Waals surface area contributed by atoms with Crippen LogP contribution in [-0.2, 0) is 22.4 Å². The molecule has 2 rings (SSSR count). The van der Waals surface area contributed by atoms with Gasteiger partial charge in [0.25, 0.3) is 0 Å².